The van der Waals surface area contributed by atoms with Gasteiger partial charge in [0, 0.05) is 38.3 Å². The lowest BCUT2D eigenvalue weighted by Gasteiger charge is -2.32. The second-order valence-corrected chi connectivity index (χ2v) is 7.96. The Hall–Kier alpha value is -0.500. The van der Waals surface area contributed by atoms with Crippen LogP contribution in [0.2, 0.25) is 0 Å². The zero-order valence-corrected chi connectivity index (χ0v) is 21.1. The summed E-state index contributed by atoms with van der Waals surface area (Å²) in [5.74, 6) is 0.0477. The third kappa shape index (κ3) is 11.8. The maximum atomic E-state index is 6.03. The highest BCUT2D eigenvalue weighted by molar-refractivity contribution is 4.99. The van der Waals surface area contributed by atoms with Crippen LogP contribution >= 0.6 is 0 Å². The minimum atomic E-state index is -0.334. The third-order valence-corrected chi connectivity index (χ3v) is 4.58. The highest BCUT2D eigenvalue weighted by Crippen LogP contribution is 2.23. The van der Waals surface area contributed by atoms with Gasteiger partial charge in [0.1, 0.15) is 0 Å². The summed E-state index contributed by atoms with van der Waals surface area (Å²) in [4.78, 5) is 0. The van der Waals surface area contributed by atoms with Gasteiger partial charge < -0.3 is 28.4 Å². The highest BCUT2D eigenvalue weighted by Gasteiger charge is 2.30. The summed E-state index contributed by atoms with van der Waals surface area (Å²) < 4.78 is 35.7. The van der Waals surface area contributed by atoms with Gasteiger partial charge >= 0.3 is 0 Å². The molecule has 0 bridgehead atoms. The molecule has 0 amide bonds. The summed E-state index contributed by atoms with van der Waals surface area (Å²) in [6.45, 7) is 22.6. The molecule has 0 saturated heterocycles. The first kappa shape index (κ1) is 29.5. The van der Waals surface area contributed by atoms with Crippen LogP contribution < -0.4 is 0 Å². The van der Waals surface area contributed by atoms with E-state index in [1.165, 1.54) is 0 Å². The summed E-state index contributed by atoms with van der Waals surface area (Å²) >= 11 is 0. The Balaban J connectivity index is 5.49. The van der Waals surface area contributed by atoms with Gasteiger partial charge in [0.2, 0.25) is 0 Å². The van der Waals surface area contributed by atoms with E-state index in [-0.39, 0.29) is 48.8 Å². The molecule has 0 heterocycles. The van der Waals surface area contributed by atoms with Crippen molar-refractivity contribution in [2.75, 3.05) is 26.4 Å². The quantitative estimate of drug-likeness (QED) is 0.219. The van der Waals surface area contributed by atoms with Crippen molar-refractivity contribution in [1.82, 2.24) is 0 Å². The molecule has 0 N–H and O–H groups in total. The zero-order valence-electron chi connectivity index (χ0n) is 21.1. The fraction of sp³-hybridized carbons (Fsp3) is 0.917. The molecule has 0 saturated carbocycles. The highest BCUT2D eigenvalue weighted by atomic mass is 16.7. The van der Waals surface area contributed by atoms with Gasteiger partial charge in [0.25, 0.3) is 0 Å². The summed E-state index contributed by atoms with van der Waals surface area (Å²) in [7, 11) is 0. The lowest BCUT2D eigenvalue weighted by atomic mass is 9.99. The molecular formula is C24H48O6. The van der Waals surface area contributed by atoms with Gasteiger partial charge in [-0.25, -0.2) is 0 Å². The first-order valence-electron chi connectivity index (χ1n) is 11.7. The predicted molar refractivity (Wildman–Crippen MR) is 122 cm³/mol. The summed E-state index contributed by atoms with van der Waals surface area (Å²) in [6, 6.07) is 0. The zero-order chi connectivity index (χ0) is 23.1. The van der Waals surface area contributed by atoms with E-state index >= 15 is 0 Å². The smallest absolute Gasteiger partial charge is 0.163 e. The average molecular weight is 433 g/mol. The van der Waals surface area contributed by atoms with E-state index in [4.69, 9.17) is 28.4 Å². The maximum absolute atomic E-state index is 6.03. The van der Waals surface area contributed by atoms with Crippen molar-refractivity contribution in [2.24, 2.45) is 11.8 Å². The lowest BCUT2D eigenvalue weighted by molar-refractivity contribution is -0.203. The molecule has 6 nitrogen and oxygen atoms in total. The van der Waals surface area contributed by atoms with E-state index in [9.17, 15) is 0 Å². The molecule has 0 rings (SSSR count). The Bertz CT molecular complexity index is 388. The largest absolute Gasteiger partial charge is 0.374 e. The average Bonchev–Trinajstić information content (AvgIpc) is 2.67. The molecular weight excluding hydrogens is 384 g/mol. The first-order chi connectivity index (χ1) is 14.2. The van der Waals surface area contributed by atoms with E-state index in [0.717, 1.165) is 0 Å². The van der Waals surface area contributed by atoms with E-state index in [1.54, 1.807) is 0 Å². The van der Waals surface area contributed by atoms with Crippen LogP contribution in [-0.2, 0) is 28.4 Å². The molecule has 6 atom stereocenters. The molecule has 0 aliphatic carbocycles. The molecule has 6 heteroatoms. The van der Waals surface area contributed by atoms with Crippen molar-refractivity contribution in [2.45, 2.75) is 106 Å². The Morgan fingerprint density at radius 1 is 0.500 bits per heavy atom. The predicted octanol–water partition coefficient (Wildman–Crippen LogP) is 5.20. The van der Waals surface area contributed by atoms with Crippen LogP contribution in [0.15, 0.2) is 12.2 Å². The van der Waals surface area contributed by atoms with Crippen LogP contribution in [-0.4, -0.2) is 63.4 Å². The van der Waals surface area contributed by atoms with E-state index in [2.05, 4.69) is 26.0 Å². The van der Waals surface area contributed by atoms with Gasteiger partial charge in [-0.15, -0.1) is 0 Å². The van der Waals surface area contributed by atoms with Crippen LogP contribution in [0.3, 0.4) is 0 Å². The van der Waals surface area contributed by atoms with Crippen molar-refractivity contribution in [3.63, 3.8) is 0 Å². The van der Waals surface area contributed by atoms with Crippen LogP contribution in [0.25, 0.3) is 0 Å². The van der Waals surface area contributed by atoms with Gasteiger partial charge in [0.15, 0.2) is 12.6 Å². The summed E-state index contributed by atoms with van der Waals surface area (Å²) in [6.07, 6.45) is 3.31. The summed E-state index contributed by atoms with van der Waals surface area (Å²) in [5, 5.41) is 0. The molecule has 0 spiro atoms. The second kappa shape index (κ2) is 17.1. The molecule has 0 aromatic carbocycles. The molecule has 0 aromatic rings. The van der Waals surface area contributed by atoms with Gasteiger partial charge in [-0.3, -0.25) is 0 Å². The van der Waals surface area contributed by atoms with Crippen molar-refractivity contribution in [1.29, 1.82) is 0 Å². The Morgan fingerprint density at radius 3 is 1.03 bits per heavy atom. The summed E-state index contributed by atoms with van der Waals surface area (Å²) in [5.41, 5.74) is 0. The monoisotopic (exact) mass is 432 g/mol. The maximum Gasteiger partial charge on any atom is 0.163 e. The van der Waals surface area contributed by atoms with Crippen LogP contribution in [0, 0.1) is 11.8 Å². The standard InChI is InChI=1S/C24H48O6/c1-11-25-21(19(9)23(27-13-3)29-17(5)6)15-16-22(26-12-2)20(10)24(28-14-4)30-18(7)8/h15-24H,11-14H2,1-10H3. The normalized spacial score (nSPS) is 18.7. The van der Waals surface area contributed by atoms with E-state index in [0.29, 0.717) is 26.4 Å². The lowest BCUT2D eigenvalue weighted by Crippen LogP contribution is -2.38. The molecule has 0 fully saturated rings. The topological polar surface area (TPSA) is 55.4 Å². The third-order valence-electron chi connectivity index (χ3n) is 4.58. The van der Waals surface area contributed by atoms with Crippen molar-refractivity contribution >= 4 is 0 Å². The van der Waals surface area contributed by atoms with Crippen LogP contribution in [0.1, 0.15) is 69.2 Å². The molecule has 6 unspecified atom stereocenters. The minimum Gasteiger partial charge on any atom is -0.374 e. The van der Waals surface area contributed by atoms with Crippen molar-refractivity contribution < 1.29 is 28.4 Å². The second-order valence-electron chi connectivity index (χ2n) is 7.96. The Kier molecular flexibility index (Phi) is 16.8. The van der Waals surface area contributed by atoms with Gasteiger partial charge in [0.05, 0.1) is 24.4 Å². The van der Waals surface area contributed by atoms with Crippen molar-refractivity contribution in [3.05, 3.63) is 12.2 Å². The number of hydrogen-bond acceptors (Lipinski definition) is 6. The Morgan fingerprint density at radius 2 is 0.800 bits per heavy atom. The number of rotatable bonds is 18. The molecule has 0 aromatic heterocycles. The van der Waals surface area contributed by atoms with Crippen molar-refractivity contribution in [3.8, 4) is 0 Å². The molecule has 0 aliphatic heterocycles. The molecule has 180 valence electrons. The Labute approximate surface area is 185 Å². The SMILES string of the molecule is CCOC(C=CC(OCC)C(C)C(OCC)OC(C)C)C(C)C(OCC)OC(C)C. The van der Waals surface area contributed by atoms with E-state index < -0.39 is 0 Å². The van der Waals surface area contributed by atoms with Crippen LogP contribution in [0.5, 0.6) is 0 Å². The van der Waals surface area contributed by atoms with E-state index in [1.807, 2.05) is 55.4 Å². The van der Waals surface area contributed by atoms with Gasteiger partial charge in [-0.1, -0.05) is 26.0 Å². The molecule has 0 aliphatic rings. The number of ether oxygens (including phenoxy) is 6. The minimum absolute atomic E-state index is 0.0238. The molecule has 0 radical (unpaired) electrons. The van der Waals surface area contributed by atoms with Crippen LogP contribution in [0.4, 0.5) is 0 Å². The number of hydrogen-bond donors (Lipinski definition) is 0. The first-order valence-corrected chi connectivity index (χ1v) is 11.7. The van der Waals surface area contributed by atoms with Gasteiger partial charge in [-0.2, -0.15) is 0 Å². The fourth-order valence-corrected chi connectivity index (χ4v) is 3.17. The fourth-order valence-electron chi connectivity index (χ4n) is 3.17. The molecule has 30 heavy (non-hydrogen) atoms. The van der Waals surface area contributed by atoms with Gasteiger partial charge in [-0.05, 0) is 55.4 Å².